The molecule has 0 aliphatic carbocycles. The predicted molar refractivity (Wildman–Crippen MR) is 113 cm³/mol. The maximum absolute atomic E-state index is 12.4. The first-order chi connectivity index (χ1) is 14.5. The Morgan fingerprint density at radius 2 is 1.90 bits per heavy atom. The van der Waals surface area contributed by atoms with Crippen LogP contribution in [0, 0.1) is 26.7 Å². The van der Waals surface area contributed by atoms with Gasteiger partial charge in [-0.2, -0.15) is 5.10 Å². The van der Waals surface area contributed by atoms with Crippen LogP contribution >= 0.6 is 0 Å². The summed E-state index contributed by atoms with van der Waals surface area (Å²) in [7, 11) is 0. The number of anilines is 1. The molecule has 1 aliphatic rings. The molecule has 0 amide bonds. The lowest BCUT2D eigenvalue weighted by molar-refractivity contribution is 0.332. The minimum atomic E-state index is -0.105. The van der Waals surface area contributed by atoms with Crippen molar-refractivity contribution in [1.29, 1.82) is 0 Å². The van der Waals surface area contributed by atoms with Gasteiger partial charge >= 0.3 is 0 Å². The number of aromatic nitrogens is 7. The highest BCUT2D eigenvalue weighted by Gasteiger charge is 2.30. The van der Waals surface area contributed by atoms with Gasteiger partial charge in [0.1, 0.15) is 11.6 Å². The maximum atomic E-state index is 12.4. The van der Waals surface area contributed by atoms with Crippen LogP contribution in [0.3, 0.4) is 0 Å². The van der Waals surface area contributed by atoms with E-state index in [9.17, 15) is 4.79 Å². The summed E-state index contributed by atoms with van der Waals surface area (Å²) in [6.07, 6.45) is 1.74. The molecule has 0 N–H and O–H groups in total. The van der Waals surface area contributed by atoms with Crippen molar-refractivity contribution in [3.63, 3.8) is 0 Å². The van der Waals surface area contributed by atoms with E-state index >= 15 is 0 Å². The van der Waals surface area contributed by atoms with Crippen LogP contribution in [0.1, 0.15) is 17.2 Å². The average Bonchev–Trinajstić information content (AvgIpc) is 3.03. The third kappa shape index (κ3) is 3.22. The van der Waals surface area contributed by atoms with Crippen LogP contribution in [0.5, 0.6) is 0 Å². The zero-order valence-electron chi connectivity index (χ0n) is 17.1. The molecule has 5 rings (SSSR count). The van der Waals surface area contributed by atoms with Crippen LogP contribution in [-0.4, -0.2) is 47.6 Å². The van der Waals surface area contributed by atoms with Crippen LogP contribution in [0.4, 0.5) is 5.82 Å². The van der Waals surface area contributed by atoms with Gasteiger partial charge in [-0.05, 0) is 45.0 Å². The van der Waals surface area contributed by atoms with Crippen molar-refractivity contribution >= 4 is 16.9 Å². The topological polar surface area (TPSA) is 94.6 Å². The van der Waals surface area contributed by atoms with Crippen molar-refractivity contribution in [2.45, 2.75) is 27.3 Å². The minimum Gasteiger partial charge on any atom is -0.355 e. The summed E-state index contributed by atoms with van der Waals surface area (Å²) in [5.41, 5.74) is 2.51. The molecule has 0 radical (unpaired) electrons. The number of hydrogen-bond acceptors (Lipinski definition) is 7. The lowest BCUT2D eigenvalue weighted by atomic mass is 10.00. The fourth-order valence-corrected chi connectivity index (χ4v) is 3.94. The van der Waals surface area contributed by atoms with E-state index in [0.717, 1.165) is 35.7 Å². The van der Waals surface area contributed by atoms with Gasteiger partial charge in [-0.1, -0.05) is 0 Å². The van der Waals surface area contributed by atoms with Crippen molar-refractivity contribution in [1.82, 2.24) is 34.5 Å². The van der Waals surface area contributed by atoms with Gasteiger partial charge in [0, 0.05) is 37.0 Å². The fourth-order valence-electron chi connectivity index (χ4n) is 3.94. The first-order valence-corrected chi connectivity index (χ1v) is 9.94. The fraction of sp³-hybridized carbons (Fsp3) is 0.333. The zero-order chi connectivity index (χ0) is 20.8. The summed E-state index contributed by atoms with van der Waals surface area (Å²) in [4.78, 5) is 28.0. The Kier molecular flexibility index (Phi) is 4.30. The number of pyridine rings is 1. The minimum absolute atomic E-state index is 0.105. The Morgan fingerprint density at radius 3 is 2.67 bits per heavy atom. The second-order valence-electron chi connectivity index (χ2n) is 7.79. The van der Waals surface area contributed by atoms with Crippen LogP contribution in [-0.2, 0) is 6.54 Å². The number of hydrogen-bond donors (Lipinski definition) is 0. The second kappa shape index (κ2) is 7.01. The molecule has 1 saturated heterocycles. The first-order valence-electron chi connectivity index (χ1n) is 9.94. The zero-order valence-corrected chi connectivity index (χ0v) is 17.1. The number of nitrogens with zero attached hydrogens (tertiary/aromatic N) is 8. The highest BCUT2D eigenvalue weighted by Crippen LogP contribution is 2.29. The molecule has 5 heterocycles. The lowest BCUT2D eigenvalue weighted by Crippen LogP contribution is -2.50. The molecule has 0 saturated carbocycles. The molecule has 0 bridgehead atoms. The predicted octanol–water partition coefficient (Wildman–Crippen LogP) is 1.83. The number of aryl methyl sites for hydroxylation is 3. The van der Waals surface area contributed by atoms with E-state index in [4.69, 9.17) is 0 Å². The molecular formula is C21H22N8O. The van der Waals surface area contributed by atoms with Gasteiger partial charge in [-0.25, -0.2) is 24.3 Å². The smallest absolute Gasteiger partial charge is 0.266 e. The quantitative estimate of drug-likeness (QED) is 0.514. The summed E-state index contributed by atoms with van der Waals surface area (Å²) >= 11 is 0. The lowest BCUT2D eigenvalue weighted by Gasteiger charge is -2.40. The van der Waals surface area contributed by atoms with E-state index < -0.39 is 0 Å². The van der Waals surface area contributed by atoms with E-state index in [1.165, 1.54) is 0 Å². The van der Waals surface area contributed by atoms with E-state index in [1.54, 1.807) is 27.7 Å². The average molecular weight is 402 g/mol. The monoisotopic (exact) mass is 402 g/mol. The molecular weight excluding hydrogens is 380 g/mol. The SMILES string of the molecule is Cc1cc(C)n(-c2ccc(=O)n(CC3CN(c4nc(C)nc5ncccc45)C3)n2)n1. The van der Waals surface area contributed by atoms with Gasteiger partial charge in [0.25, 0.3) is 5.56 Å². The van der Waals surface area contributed by atoms with E-state index in [-0.39, 0.29) is 5.56 Å². The molecule has 0 atom stereocenters. The molecule has 0 aromatic carbocycles. The molecule has 9 heteroatoms. The van der Waals surface area contributed by atoms with Crippen LogP contribution in [0.25, 0.3) is 16.9 Å². The van der Waals surface area contributed by atoms with E-state index in [1.807, 2.05) is 39.0 Å². The molecule has 152 valence electrons. The van der Waals surface area contributed by atoms with Gasteiger partial charge < -0.3 is 4.90 Å². The van der Waals surface area contributed by atoms with Crippen molar-refractivity contribution < 1.29 is 0 Å². The van der Waals surface area contributed by atoms with Gasteiger partial charge in [-0.3, -0.25) is 4.79 Å². The Hall–Kier alpha value is -3.62. The van der Waals surface area contributed by atoms with Crippen LogP contribution < -0.4 is 10.5 Å². The second-order valence-corrected chi connectivity index (χ2v) is 7.79. The van der Waals surface area contributed by atoms with Gasteiger partial charge in [0.15, 0.2) is 11.5 Å². The van der Waals surface area contributed by atoms with E-state index in [0.29, 0.717) is 29.8 Å². The summed E-state index contributed by atoms with van der Waals surface area (Å²) in [5.74, 6) is 2.57. The van der Waals surface area contributed by atoms with Gasteiger partial charge in [0.05, 0.1) is 17.6 Å². The molecule has 4 aromatic heterocycles. The molecule has 4 aromatic rings. The van der Waals surface area contributed by atoms with Crippen molar-refractivity contribution in [2.24, 2.45) is 5.92 Å². The summed E-state index contributed by atoms with van der Waals surface area (Å²) in [5, 5.41) is 9.96. The summed E-state index contributed by atoms with van der Waals surface area (Å²) in [6.45, 7) is 7.96. The molecule has 1 aliphatic heterocycles. The number of fused-ring (bicyclic) bond motifs is 1. The normalized spacial score (nSPS) is 14.3. The maximum Gasteiger partial charge on any atom is 0.266 e. The first kappa shape index (κ1) is 18.4. The highest BCUT2D eigenvalue weighted by molar-refractivity contribution is 5.87. The molecule has 0 spiro atoms. The Labute approximate surface area is 173 Å². The number of rotatable bonds is 4. The molecule has 9 nitrogen and oxygen atoms in total. The highest BCUT2D eigenvalue weighted by atomic mass is 16.1. The van der Waals surface area contributed by atoms with Crippen LogP contribution in [0.15, 0.2) is 41.3 Å². The summed E-state index contributed by atoms with van der Waals surface area (Å²) < 4.78 is 3.31. The molecule has 30 heavy (non-hydrogen) atoms. The Bertz CT molecular complexity index is 1300. The largest absolute Gasteiger partial charge is 0.355 e. The van der Waals surface area contributed by atoms with Gasteiger partial charge in [0.2, 0.25) is 0 Å². The summed E-state index contributed by atoms with van der Waals surface area (Å²) in [6, 6.07) is 9.16. The van der Waals surface area contributed by atoms with Gasteiger partial charge in [-0.15, -0.1) is 5.10 Å². The van der Waals surface area contributed by atoms with Crippen LogP contribution in [0.2, 0.25) is 0 Å². The molecule has 0 unspecified atom stereocenters. The third-order valence-electron chi connectivity index (χ3n) is 5.33. The van der Waals surface area contributed by atoms with Crippen molar-refractivity contribution in [2.75, 3.05) is 18.0 Å². The van der Waals surface area contributed by atoms with Crippen molar-refractivity contribution in [3.05, 3.63) is 64.1 Å². The van der Waals surface area contributed by atoms with Crippen molar-refractivity contribution in [3.8, 4) is 5.82 Å². The Morgan fingerprint density at radius 1 is 1.07 bits per heavy atom. The Balaban J connectivity index is 1.35. The molecule has 1 fully saturated rings. The standard InChI is InChI=1S/C21H22N8O/c1-13-9-14(2)29(25-13)18-6-7-19(30)28(26-18)12-16-10-27(11-16)21-17-5-4-8-22-20(17)23-15(3)24-21/h4-9,16H,10-12H2,1-3H3. The third-order valence-corrected chi connectivity index (χ3v) is 5.33. The van der Waals surface area contributed by atoms with E-state index in [2.05, 4.69) is 30.0 Å².